The molecule has 0 aliphatic heterocycles. The molecule has 0 aliphatic rings. The maximum absolute atomic E-state index is 12.4. The molecule has 0 radical (unpaired) electrons. The van der Waals surface area contributed by atoms with Crippen molar-refractivity contribution in [3.05, 3.63) is 12.2 Å². The molecule has 0 aromatic carbocycles. The monoisotopic (exact) mass is 703 g/mol. The summed E-state index contributed by atoms with van der Waals surface area (Å²) in [7, 11) is -4.75. The highest BCUT2D eigenvalue weighted by molar-refractivity contribution is 7.46. The Balaban J connectivity index is 3.92. The molecule has 8 nitrogen and oxygen atoms in total. The zero-order valence-corrected chi connectivity index (χ0v) is 32.0. The lowest BCUT2D eigenvalue weighted by Gasteiger charge is -2.18. The van der Waals surface area contributed by atoms with Crippen molar-refractivity contribution in [2.75, 3.05) is 13.2 Å². The van der Waals surface area contributed by atoms with Crippen LogP contribution in [0.2, 0.25) is 0 Å². The summed E-state index contributed by atoms with van der Waals surface area (Å²) in [5.41, 5.74) is 0. The number of carbonyl (C=O) groups excluding carboxylic acids is 2. The van der Waals surface area contributed by atoms with Gasteiger partial charge >= 0.3 is 19.8 Å². The highest BCUT2D eigenvalue weighted by Crippen LogP contribution is 2.36. The summed E-state index contributed by atoms with van der Waals surface area (Å²) in [5.74, 6) is -0.885. The van der Waals surface area contributed by atoms with Gasteiger partial charge in [0.2, 0.25) is 0 Å². The second kappa shape index (κ2) is 35.6. The summed E-state index contributed by atoms with van der Waals surface area (Å²) >= 11 is 0. The molecule has 48 heavy (non-hydrogen) atoms. The van der Waals surface area contributed by atoms with Crippen molar-refractivity contribution in [1.82, 2.24) is 0 Å². The van der Waals surface area contributed by atoms with Gasteiger partial charge in [0.1, 0.15) is 6.61 Å². The van der Waals surface area contributed by atoms with Gasteiger partial charge in [-0.15, -0.1) is 0 Å². The first kappa shape index (κ1) is 46.8. The van der Waals surface area contributed by atoms with Crippen molar-refractivity contribution in [2.24, 2.45) is 0 Å². The fourth-order valence-corrected chi connectivity index (χ4v) is 6.14. The molecule has 2 N–H and O–H groups in total. The smallest absolute Gasteiger partial charge is 0.462 e. The van der Waals surface area contributed by atoms with Crippen LogP contribution in [0.1, 0.15) is 206 Å². The Labute approximate surface area is 295 Å². The minimum Gasteiger partial charge on any atom is -0.462 e. The quantitative estimate of drug-likeness (QED) is 0.0284. The van der Waals surface area contributed by atoms with E-state index < -0.39 is 32.5 Å². The average Bonchev–Trinajstić information content (AvgIpc) is 3.05. The second-order valence-corrected chi connectivity index (χ2v) is 14.9. The number of hydrogen-bond donors (Lipinski definition) is 2. The number of carbonyl (C=O) groups is 2. The Morgan fingerprint density at radius 3 is 1.27 bits per heavy atom. The first-order valence-corrected chi connectivity index (χ1v) is 21.5. The van der Waals surface area contributed by atoms with Crippen LogP contribution in [0.3, 0.4) is 0 Å². The van der Waals surface area contributed by atoms with Crippen molar-refractivity contribution in [3.8, 4) is 0 Å². The van der Waals surface area contributed by atoms with Gasteiger partial charge in [-0.1, -0.05) is 167 Å². The fraction of sp³-hybridized carbons (Fsp3) is 0.897. The highest BCUT2D eigenvalue weighted by atomic mass is 31.2. The molecule has 0 saturated heterocycles. The SMILES string of the molecule is CCCCCCCC/C=C\CCCCCCCC(=O)OC(COC(=O)CCCCCCCCCCCCCCCCC)COP(=O)(O)O. The van der Waals surface area contributed by atoms with Gasteiger partial charge in [-0.2, -0.15) is 0 Å². The molecule has 0 fully saturated rings. The van der Waals surface area contributed by atoms with E-state index in [4.69, 9.17) is 19.3 Å². The van der Waals surface area contributed by atoms with Crippen LogP contribution in [0.25, 0.3) is 0 Å². The number of esters is 2. The van der Waals surface area contributed by atoms with Crippen LogP contribution in [0.5, 0.6) is 0 Å². The van der Waals surface area contributed by atoms with E-state index >= 15 is 0 Å². The van der Waals surface area contributed by atoms with Gasteiger partial charge in [-0.3, -0.25) is 14.1 Å². The van der Waals surface area contributed by atoms with Gasteiger partial charge in [-0.25, -0.2) is 4.57 Å². The topological polar surface area (TPSA) is 119 Å². The molecule has 0 aromatic heterocycles. The molecule has 0 rings (SSSR count). The Kier molecular flexibility index (Phi) is 34.7. The van der Waals surface area contributed by atoms with Gasteiger partial charge in [0.05, 0.1) is 6.61 Å². The summed E-state index contributed by atoms with van der Waals surface area (Å²) in [4.78, 5) is 42.7. The van der Waals surface area contributed by atoms with Crippen LogP contribution >= 0.6 is 7.82 Å². The predicted molar refractivity (Wildman–Crippen MR) is 198 cm³/mol. The van der Waals surface area contributed by atoms with Crippen molar-refractivity contribution < 1.29 is 37.9 Å². The average molecular weight is 703 g/mol. The van der Waals surface area contributed by atoms with E-state index in [9.17, 15) is 14.2 Å². The summed E-state index contributed by atoms with van der Waals surface area (Å²) in [6.07, 6.45) is 37.8. The zero-order chi connectivity index (χ0) is 35.4. The molecule has 9 heteroatoms. The Morgan fingerprint density at radius 1 is 0.521 bits per heavy atom. The number of rotatable bonds is 37. The first-order valence-electron chi connectivity index (χ1n) is 20.0. The minimum atomic E-state index is -4.75. The molecule has 0 aliphatic carbocycles. The maximum Gasteiger partial charge on any atom is 0.469 e. The molecule has 1 unspecified atom stereocenters. The number of phosphoric ester groups is 1. The van der Waals surface area contributed by atoms with E-state index in [1.165, 1.54) is 122 Å². The summed E-state index contributed by atoms with van der Waals surface area (Å²) in [5, 5.41) is 0. The summed E-state index contributed by atoms with van der Waals surface area (Å²) < 4.78 is 26.3. The third-order valence-electron chi connectivity index (χ3n) is 8.78. The summed E-state index contributed by atoms with van der Waals surface area (Å²) in [6, 6.07) is 0. The molecule has 0 spiro atoms. The second-order valence-electron chi connectivity index (χ2n) is 13.6. The zero-order valence-electron chi connectivity index (χ0n) is 31.2. The maximum atomic E-state index is 12.4. The van der Waals surface area contributed by atoms with Crippen molar-refractivity contribution in [1.29, 1.82) is 0 Å². The minimum absolute atomic E-state index is 0.206. The molecule has 1 atom stereocenters. The predicted octanol–water partition coefficient (Wildman–Crippen LogP) is 11.8. The van der Waals surface area contributed by atoms with Gasteiger partial charge in [0, 0.05) is 12.8 Å². The van der Waals surface area contributed by atoms with Crippen LogP contribution in [0.4, 0.5) is 0 Å². The van der Waals surface area contributed by atoms with Gasteiger partial charge < -0.3 is 19.3 Å². The van der Waals surface area contributed by atoms with Crippen LogP contribution < -0.4 is 0 Å². The van der Waals surface area contributed by atoms with E-state index in [1.54, 1.807) is 0 Å². The molecule has 284 valence electrons. The molecular formula is C39H75O8P. The normalized spacial score (nSPS) is 12.5. The van der Waals surface area contributed by atoms with E-state index in [1.807, 2.05) is 0 Å². The first-order chi connectivity index (χ1) is 23.3. The number of unbranched alkanes of at least 4 members (excludes halogenated alkanes) is 25. The molecule has 0 aromatic rings. The molecule has 0 amide bonds. The lowest BCUT2D eigenvalue weighted by atomic mass is 10.0. The largest absolute Gasteiger partial charge is 0.469 e. The lowest BCUT2D eigenvalue weighted by Crippen LogP contribution is -2.29. The number of allylic oxidation sites excluding steroid dienone is 2. The van der Waals surface area contributed by atoms with Crippen LogP contribution in [0.15, 0.2) is 12.2 Å². The number of ether oxygens (including phenoxy) is 2. The van der Waals surface area contributed by atoms with Crippen LogP contribution in [0, 0.1) is 0 Å². The van der Waals surface area contributed by atoms with E-state index in [0.29, 0.717) is 6.42 Å². The van der Waals surface area contributed by atoms with Gasteiger partial charge in [0.25, 0.3) is 0 Å². The number of hydrogen-bond acceptors (Lipinski definition) is 6. The molecular weight excluding hydrogens is 627 g/mol. The highest BCUT2D eigenvalue weighted by Gasteiger charge is 2.22. The van der Waals surface area contributed by atoms with E-state index in [2.05, 4.69) is 30.5 Å². The third-order valence-corrected chi connectivity index (χ3v) is 9.27. The molecule has 0 bridgehead atoms. The molecule has 0 heterocycles. The van der Waals surface area contributed by atoms with Gasteiger partial charge in [0.15, 0.2) is 6.10 Å². The van der Waals surface area contributed by atoms with E-state index in [0.717, 1.165) is 51.4 Å². The van der Waals surface area contributed by atoms with Crippen LogP contribution in [-0.2, 0) is 28.2 Å². The number of phosphoric acid groups is 1. The van der Waals surface area contributed by atoms with Crippen LogP contribution in [-0.4, -0.2) is 41.0 Å². The third kappa shape index (κ3) is 37.6. The summed E-state index contributed by atoms with van der Waals surface area (Å²) in [6.45, 7) is 3.68. The standard InChI is InChI=1S/C39H75O8P/c1-3-5-7-9-11-13-15-17-19-21-23-25-27-29-31-33-38(40)45-35-37(36-46-48(42,43)44)47-39(41)34-32-30-28-26-24-22-20-18-16-14-12-10-8-6-4-2/h18,20,37H,3-17,19,21-36H2,1-2H3,(H2,42,43,44)/b20-18-. The Hall–Kier alpha value is -1.21. The van der Waals surface area contributed by atoms with Crippen molar-refractivity contribution in [3.63, 3.8) is 0 Å². The molecule has 0 saturated carbocycles. The lowest BCUT2D eigenvalue weighted by molar-refractivity contribution is -0.161. The van der Waals surface area contributed by atoms with Gasteiger partial charge in [-0.05, 0) is 38.5 Å². The van der Waals surface area contributed by atoms with Crippen molar-refractivity contribution in [2.45, 2.75) is 213 Å². The Bertz CT molecular complexity index is 797. The van der Waals surface area contributed by atoms with Crippen molar-refractivity contribution >= 4 is 19.8 Å². The van der Waals surface area contributed by atoms with E-state index in [-0.39, 0.29) is 19.4 Å². The fourth-order valence-electron chi connectivity index (χ4n) is 5.78. The Morgan fingerprint density at radius 2 is 0.875 bits per heavy atom.